The summed E-state index contributed by atoms with van der Waals surface area (Å²) in [4.78, 5) is 15.4. The van der Waals surface area contributed by atoms with E-state index in [2.05, 4.69) is 26.2 Å². The standard InChI is InChI=1S/C9H11BrN2O2/c1-14-8-6-11-4-2-7(8)9(13)12-5-3-10/h2,4,6H,3,5H2,1H3,(H,12,13). The number of alkyl halides is 1. The fraction of sp³-hybridized carbons (Fsp3) is 0.333. The Kier molecular flexibility index (Phi) is 4.39. The third-order valence-electron chi connectivity index (χ3n) is 1.63. The van der Waals surface area contributed by atoms with Gasteiger partial charge in [0.25, 0.3) is 5.91 Å². The normalized spacial score (nSPS) is 9.57. The van der Waals surface area contributed by atoms with Gasteiger partial charge in [0.2, 0.25) is 0 Å². The lowest BCUT2D eigenvalue weighted by Gasteiger charge is -2.06. The Morgan fingerprint density at radius 2 is 2.50 bits per heavy atom. The lowest BCUT2D eigenvalue weighted by molar-refractivity contribution is 0.0953. The fourth-order valence-corrected chi connectivity index (χ4v) is 1.18. The van der Waals surface area contributed by atoms with Crippen LogP contribution in [0.2, 0.25) is 0 Å². The van der Waals surface area contributed by atoms with E-state index in [1.807, 2.05) is 0 Å². The Hall–Kier alpha value is -1.10. The first-order valence-electron chi connectivity index (χ1n) is 4.11. The van der Waals surface area contributed by atoms with Crippen LogP contribution in [0.3, 0.4) is 0 Å². The maximum absolute atomic E-state index is 11.5. The predicted octanol–water partition coefficient (Wildman–Crippen LogP) is 1.21. The van der Waals surface area contributed by atoms with E-state index in [-0.39, 0.29) is 5.91 Å². The Morgan fingerprint density at radius 1 is 1.71 bits per heavy atom. The number of nitrogens with one attached hydrogen (secondary N) is 1. The molecule has 0 aliphatic carbocycles. The van der Waals surface area contributed by atoms with Crippen molar-refractivity contribution in [2.75, 3.05) is 19.0 Å². The molecular formula is C9H11BrN2O2. The fourth-order valence-electron chi connectivity index (χ4n) is 0.986. The number of carbonyl (C=O) groups excluding carboxylic acids is 1. The first kappa shape index (κ1) is 11.0. The molecule has 0 aromatic carbocycles. The molecule has 5 heteroatoms. The van der Waals surface area contributed by atoms with Gasteiger partial charge in [0.1, 0.15) is 5.75 Å². The molecule has 0 unspecified atom stereocenters. The number of halogens is 1. The number of hydrogen-bond acceptors (Lipinski definition) is 3. The van der Waals surface area contributed by atoms with Gasteiger partial charge in [-0.25, -0.2) is 0 Å². The van der Waals surface area contributed by atoms with Crippen LogP contribution in [0.25, 0.3) is 0 Å². The molecule has 14 heavy (non-hydrogen) atoms. The average molecular weight is 259 g/mol. The van der Waals surface area contributed by atoms with Crippen molar-refractivity contribution in [3.8, 4) is 5.75 Å². The number of aromatic nitrogens is 1. The summed E-state index contributed by atoms with van der Waals surface area (Å²) in [6, 6.07) is 1.63. The van der Waals surface area contributed by atoms with Gasteiger partial charge >= 0.3 is 0 Å². The van der Waals surface area contributed by atoms with E-state index < -0.39 is 0 Å². The van der Waals surface area contributed by atoms with E-state index in [4.69, 9.17) is 4.74 Å². The van der Waals surface area contributed by atoms with Gasteiger partial charge < -0.3 is 10.1 Å². The van der Waals surface area contributed by atoms with E-state index in [1.54, 1.807) is 12.3 Å². The molecule has 1 N–H and O–H groups in total. The smallest absolute Gasteiger partial charge is 0.255 e. The molecular weight excluding hydrogens is 248 g/mol. The van der Waals surface area contributed by atoms with Crippen LogP contribution in [0, 0.1) is 0 Å². The number of ether oxygens (including phenoxy) is 1. The van der Waals surface area contributed by atoms with E-state index in [1.165, 1.54) is 13.3 Å². The highest BCUT2D eigenvalue weighted by Crippen LogP contribution is 2.14. The Bertz CT molecular complexity index is 317. The molecule has 0 aliphatic heterocycles. The summed E-state index contributed by atoms with van der Waals surface area (Å²) in [6.07, 6.45) is 3.08. The summed E-state index contributed by atoms with van der Waals surface area (Å²) in [6.45, 7) is 0.588. The molecule has 0 radical (unpaired) electrons. The maximum Gasteiger partial charge on any atom is 0.255 e. The minimum absolute atomic E-state index is 0.149. The van der Waals surface area contributed by atoms with Crippen molar-refractivity contribution in [3.63, 3.8) is 0 Å². The van der Waals surface area contributed by atoms with Crippen molar-refractivity contribution >= 4 is 21.8 Å². The van der Waals surface area contributed by atoms with Crippen LogP contribution in [0.5, 0.6) is 5.75 Å². The monoisotopic (exact) mass is 258 g/mol. The second-order valence-electron chi connectivity index (χ2n) is 2.52. The van der Waals surface area contributed by atoms with Crippen LogP contribution < -0.4 is 10.1 Å². The summed E-state index contributed by atoms with van der Waals surface area (Å²) >= 11 is 3.23. The van der Waals surface area contributed by atoms with Crippen molar-refractivity contribution in [2.24, 2.45) is 0 Å². The molecule has 1 aromatic heterocycles. The second kappa shape index (κ2) is 5.59. The number of methoxy groups -OCH3 is 1. The predicted molar refractivity (Wildman–Crippen MR) is 56.9 cm³/mol. The molecule has 0 saturated heterocycles. The molecule has 1 aromatic rings. The third-order valence-corrected chi connectivity index (χ3v) is 2.03. The van der Waals surface area contributed by atoms with E-state index >= 15 is 0 Å². The van der Waals surface area contributed by atoms with Gasteiger partial charge in [-0.2, -0.15) is 0 Å². The number of carbonyl (C=O) groups is 1. The lowest BCUT2D eigenvalue weighted by atomic mass is 10.2. The molecule has 0 bridgehead atoms. The van der Waals surface area contributed by atoms with Gasteiger partial charge in [-0.15, -0.1) is 0 Å². The highest BCUT2D eigenvalue weighted by molar-refractivity contribution is 9.09. The van der Waals surface area contributed by atoms with Gasteiger partial charge in [-0.3, -0.25) is 9.78 Å². The number of amides is 1. The number of pyridine rings is 1. The van der Waals surface area contributed by atoms with Gasteiger partial charge in [-0.1, -0.05) is 15.9 Å². The van der Waals surface area contributed by atoms with Crippen molar-refractivity contribution in [1.82, 2.24) is 10.3 Å². The topological polar surface area (TPSA) is 51.2 Å². The van der Waals surface area contributed by atoms with Gasteiger partial charge in [0.15, 0.2) is 0 Å². The van der Waals surface area contributed by atoms with Crippen LogP contribution in [-0.2, 0) is 0 Å². The van der Waals surface area contributed by atoms with E-state index in [9.17, 15) is 4.79 Å². The van der Waals surface area contributed by atoms with Gasteiger partial charge in [-0.05, 0) is 6.07 Å². The van der Waals surface area contributed by atoms with E-state index in [0.29, 0.717) is 17.9 Å². The molecule has 76 valence electrons. The largest absolute Gasteiger partial charge is 0.494 e. The van der Waals surface area contributed by atoms with E-state index in [0.717, 1.165) is 5.33 Å². The highest BCUT2D eigenvalue weighted by Gasteiger charge is 2.10. The first-order chi connectivity index (χ1) is 6.79. The molecule has 4 nitrogen and oxygen atoms in total. The van der Waals surface area contributed by atoms with Gasteiger partial charge in [0.05, 0.1) is 18.9 Å². The molecule has 0 spiro atoms. The minimum Gasteiger partial charge on any atom is -0.494 e. The number of hydrogen-bond donors (Lipinski definition) is 1. The zero-order valence-corrected chi connectivity index (χ0v) is 9.37. The minimum atomic E-state index is -0.149. The zero-order valence-electron chi connectivity index (χ0n) is 7.79. The van der Waals surface area contributed by atoms with Crippen LogP contribution in [0.1, 0.15) is 10.4 Å². The lowest BCUT2D eigenvalue weighted by Crippen LogP contribution is -2.25. The molecule has 1 rings (SSSR count). The average Bonchev–Trinajstić information content (AvgIpc) is 2.25. The van der Waals surface area contributed by atoms with Gasteiger partial charge in [0, 0.05) is 18.1 Å². The molecule has 0 aliphatic rings. The number of rotatable bonds is 4. The molecule has 0 atom stereocenters. The summed E-state index contributed by atoms with van der Waals surface area (Å²) in [5, 5.41) is 3.46. The van der Waals surface area contributed by atoms with Crippen molar-refractivity contribution < 1.29 is 9.53 Å². The third kappa shape index (κ3) is 2.70. The zero-order chi connectivity index (χ0) is 10.4. The Labute approximate surface area is 90.8 Å². The summed E-state index contributed by atoms with van der Waals surface area (Å²) in [5.41, 5.74) is 0.503. The number of nitrogens with zero attached hydrogens (tertiary/aromatic N) is 1. The van der Waals surface area contributed by atoms with Crippen molar-refractivity contribution in [3.05, 3.63) is 24.0 Å². The SMILES string of the molecule is COc1cnccc1C(=O)NCCBr. The van der Waals surface area contributed by atoms with Crippen molar-refractivity contribution in [2.45, 2.75) is 0 Å². The molecule has 0 saturated carbocycles. The first-order valence-corrected chi connectivity index (χ1v) is 5.24. The Morgan fingerprint density at radius 3 is 3.14 bits per heavy atom. The van der Waals surface area contributed by atoms with Crippen LogP contribution >= 0.6 is 15.9 Å². The van der Waals surface area contributed by atoms with Crippen molar-refractivity contribution in [1.29, 1.82) is 0 Å². The molecule has 0 fully saturated rings. The quantitative estimate of drug-likeness (QED) is 0.827. The highest BCUT2D eigenvalue weighted by atomic mass is 79.9. The molecule has 1 amide bonds. The maximum atomic E-state index is 11.5. The summed E-state index contributed by atoms with van der Waals surface area (Å²) in [7, 11) is 1.51. The van der Waals surface area contributed by atoms with Crippen LogP contribution in [-0.4, -0.2) is 29.9 Å². The second-order valence-corrected chi connectivity index (χ2v) is 3.31. The summed E-state index contributed by atoms with van der Waals surface area (Å²) in [5.74, 6) is 0.336. The molecule has 1 heterocycles. The summed E-state index contributed by atoms with van der Waals surface area (Å²) < 4.78 is 5.01. The Balaban J connectivity index is 2.78. The van der Waals surface area contributed by atoms with Crippen LogP contribution in [0.4, 0.5) is 0 Å². The van der Waals surface area contributed by atoms with Crippen LogP contribution in [0.15, 0.2) is 18.5 Å².